The van der Waals surface area contributed by atoms with Crippen molar-refractivity contribution in [3.05, 3.63) is 163 Å². The number of halogens is 4. The Kier molecular flexibility index (Phi) is 13.5. The number of hydrogen-bond acceptors (Lipinski definition) is 8. The van der Waals surface area contributed by atoms with Crippen molar-refractivity contribution < 1.29 is 48.0 Å². The molecule has 0 saturated carbocycles. The van der Waals surface area contributed by atoms with Crippen LogP contribution in [0.5, 0.6) is 5.75 Å². The number of nitrogens with zero attached hydrogens (tertiary/aromatic N) is 1. The van der Waals surface area contributed by atoms with Crippen molar-refractivity contribution in [2.75, 3.05) is 0 Å². The second-order valence-electron chi connectivity index (χ2n) is 12.8. The van der Waals surface area contributed by atoms with Gasteiger partial charge < -0.3 is 9.29 Å². The minimum atomic E-state index is -6.00. The van der Waals surface area contributed by atoms with Crippen LogP contribution in [-0.4, -0.2) is 44.4 Å². The van der Waals surface area contributed by atoms with E-state index in [1.165, 1.54) is 26.8 Å². The van der Waals surface area contributed by atoms with Gasteiger partial charge in [0.1, 0.15) is 22.5 Å². The predicted octanol–water partition coefficient (Wildman–Crippen LogP) is 9.99. The van der Waals surface area contributed by atoms with Gasteiger partial charge in [0.15, 0.2) is 24.8 Å². The summed E-state index contributed by atoms with van der Waals surface area (Å²) < 4.78 is 113. The monoisotopic (exact) mass is 839 g/mol. The lowest BCUT2D eigenvalue weighted by atomic mass is 10.00. The molecule has 0 spiro atoms. The molecule has 0 fully saturated rings. The number of hydrogen-bond donors (Lipinski definition) is 0. The van der Waals surface area contributed by atoms with Crippen LogP contribution in [0.3, 0.4) is 0 Å². The van der Waals surface area contributed by atoms with Gasteiger partial charge in [0.05, 0.1) is 22.9 Å². The maximum Gasteiger partial charge on any atom is 0.358 e. The van der Waals surface area contributed by atoms with E-state index in [1.54, 1.807) is 12.1 Å². The van der Waals surface area contributed by atoms with Crippen LogP contribution in [-0.2, 0) is 35.4 Å². The fourth-order valence-electron chi connectivity index (χ4n) is 5.55. The molecular formula is C42H37F4NO7S3. The Morgan fingerprint density at radius 1 is 0.702 bits per heavy atom. The Labute approximate surface area is 332 Å². The third kappa shape index (κ3) is 11.2. The summed E-state index contributed by atoms with van der Waals surface area (Å²) in [5, 5.41) is 1.03. The first kappa shape index (κ1) is 42.9. The van der Waals surface area contributed by atoms with Gasteiger partial charge in [-0.25, -0.2) is 17.2 Å². The Bertz CT molecular complexity index is 2430. The molecule has 0 radical (unpaired) electrons. The van der Waals surface area contributed by atoms with Crippen LogP contribution >= 0.6 is 0 Å². The minimum absolute atomic E-state index is 0.0146. The molecular weight excluding hydrogens is 803 g/mol. The van der Waals surface area contributed by atoms with Gasteiger partial charge in [-0.2, -0.15) is 17.2 Å². The molecule has 298 valence electrons. The average molecular weight is 840 g/mol. The summed E-state index contributed by atoms with van der Waals surface area (Å²) in [4.78, 5) is 4.15. The fourth-order valence-corrected chi connectivity index (χ4v) is 8.82. The normalized spacial score (nSPS) is 14.8. The van der Waals surface area contributed by atoms with E-state index in [-0.39, 0.29) is 22.7 Å². The zero-order valence-corrected chi connectivity index (χ0v) is 33.2. The first-order valence-electron chi connectivity index (χ1n) is 17.2. The van der Waals surface area contributed by atoms with Gasteiger partial charge in [-0.1, -0.05) is 108 Å². The van der Waals surface area contributed by atoms with Crippen LogP contribution in [0.4, 0.5) is 17.6 Å². The maximum absolute atomic E-state index is 12.4. The van der Waals surface area contributed by atoms with E-state index in [2.05, 4.69) is 96.2 Å². The van der Waals surface area contributed by atoms with Crippen LogP contribution in [0.25, 0.3) is 10.8 Å². The first-order valence-corrected chi connectivity index (χ1v) is 21.3. The summed E-state index contributed by atoms with van der Waals surface area (Å²) in [5.74, 6) is -3.22. The van der Waals surface area contributed by atoms with Crippen LogP contribution in [0.15, 0.2) is 176 Å². The van der Waals surface area contributed by atoms with Gasteiger partial charge in [-0.15, -0.1) is 0 Å². The highest BCUT2D eigenvalue weighted by atomic mass is 32.2. The van der Waals surface area contributed by atoms with E-state index in [9.17, 15) is 39.0 Å². The number of benzene rings is 6. The Morgan fingerprint density at radius 3 is 1.63 bits per heavy atom. The van der Waals surface area contributed by atoms with Crippen molar-refractivity contribution in [3.8, 4) is 5.75 Å². The lowest BCUT2D eigenvalue weighted by Gasteiger charge is -2.22. The van der Waals surface area contributed by atoms with Gasteiger partial charge in [-0.05, 0) is 86.1 Å². The lowest BCUT2D eigenvalue weighted by Crippen LogP contribution is -2.34. The molecule has 0 bridgehead atoms. The molecule has 7 rings (SSSR count). The van der Waals surface area contributed by atoms with E-state index in [0.717, 1.165) is 21.9 Å². The average Bonchev–Trinajstić information content (AvgIpc) is 3.50. The topological polar surface area (TPSA) is 122 Å². The van der Waals surface area contributed by atoms with Crippen LogP contribution in [0.1, 0.15) is 31.4 Å². The summed E-state index contributed by atoms with van der Waals surface area (Å²) in [6.45, 7) is 3.80. The molecule has 1 aliphatic rings. The van der Waals surface area contributed by atoms with Gasteiger partial charge in [0.25, 0.3) is 5.92 Å². The third-order valence-electron chi connectivity index (χ3n) is 8.20. The van der Waals surface area contributed by atoms with Crippen LogP contribution in [0, 0.1) is 6.92 Å². The first-order chi connectivity index (χ1) is 26.9. The molecule has 0 aliphatic carbocycles. The number of rotatable bonds is 9. The lowest BCUT2D eigenvalue weighted by molar-refractivity contribution is -0.0608. The second kappa shape index (κ2) is 17.9. The van der Waals surface area contributed by atoms with Crippen molar-refractivity contribution >= 4 is 47.6 Å². The molecule has 0 aromatic heterocycles. The summed E-state index contributed by atoms with van der Waals surface area (Å²) in [7, 11) is -10.0. The van der Waals surface area contributed by atoms with Gasteiger partial charge >= 0.3 is 15.4 Å². The van der Waals surface area contributed by atoms with E-state index in [1.807, 2.05) is 50.2 Å². The Balaban J connectivity index is 0.000000176. The largest absolute Gasteiger partial charge is 0.743 e. The summed E-state index contributed by atoms with van der Waals surface area (Å²) in [6.07, 6.45) is -2.68. The molecule has 15 heteroatoms. The number of alkyl halides is 4. The highest BCUT2D eigenvalue weighted by Gasteiger charge is 2.45. The predicted molar refractivity (Wildman–Crippen MR) is 211 cm³/mol. The SMILES string of the molecule is CC(F)(F)CC(F)(F)S(=O)(=O)[O-].Cc1ccc(S(=O)(=O)O/N=C2/c3c(ccc4ccccc34)OC2C)cc1.c1ccc([S+](c2ccccc2)c2ccccc2)cc1. The molecule has 8 nitrogen and oxygen atoms in total. The third-order valence-corrected chi connectivity index (χ3v) is 12.4. The van der Waals surface area contributed by atoms with E-state index >= 15 is 0 Å². The number of oxime groups is 1. The molecule has 1 atom stereocenters. The minimum Gasteiger partial charge on any atom is -0.743 e. The maximum atomic E-state index is 12.4. The molecule has 1 aliphatic heterocycles. The fraction of sp³-hybridized carbons (Fsp3) is 0.167. The van der Waals surface area contributed by atoms with Crippen LogP contribution < -0.4 is 4.74 Å². The second-order valence-corrected chi connectivity index (χ2v) is 17.9. The van der Waals surface area contributed by atoms with Crippen molar-refractivity contribution in [2.45, 2.75) is 64.1 Å². The molecule has 0 N–H and O–H groups in total. The number of aryl methyl sites for hydroxylation is 1. The highest BCUT2D eigenvalue weighted by Crippen LogP contribution is 2.36. The highest BCUT2D eigenvalue weighted by molar-refractivity contribution is 7.97. The molecule has 1 unspecified atom stereocenters. The smallest absolute Gasteiger partial charge is 0.358 e. The van der Waals surface area contributed by atoms with Crippen molar-refractivity contribution in [1.29, 1.82) is 0 Å². The Hall–Kier alpha value is -5.22. The molecule has 0 amide bonds. The van der Waals surface area contributed by atoms with Crippen molar-refractivity contribution in [3.63, 3.8) is 0 Å². The Morgan fingerprint density at radius 2 is 1.18 bits per heavy atom. The standard InChI is InChI=1S/C20H17NO4S.C18H15S.C4H6F4O3S/c1-13-7-10-16(11-8-13)26(22,23)25-21-20-14(2)24-18-12-9-15-5-3-4-6-17(15)19(18)20;1-4-10-16(11-5-1)19(17-12-6-2-7-13-17)18-14-8-3-9-15-18;1-3(5,6)2-4(7,8)12(9,10)11/h3-12,14H,1-2H3;1-15H;2H2,1H3,(H,9,10,11)/q;+1;/p-1/b21-20+;;. The van der Waals surface area contributed by atoms with E-state index in [4.69, 9.17) is 9.02 Å². The van der Waals surface area contributed by atoms with Gasteiger partial charge in [0.2, 0.25) is 0 Å². The molecule has 6 aromatic carbocycles. The zero-order chi connectivity index (χ0) is 41.4. The summed E-state index contributed by atoms with van der Waals surface area (Å²) in [6, 6.07) is 50.2. The van der Waals surface area contributed by atoms with Crippen LogP contribution in [0.2, 0.25) is 0 Å². The number of fused-ring (bicyclic) bond motifs is 3. The van der Waals surface area contributed by atoms with Crippen molar-refractivity contribution in [2.24, 2.45) is 5.16 Å². The quantitative estimate of drug-likeness (QED) is 0.0615. The summed E-state index contributed by atoms with van der Waals surface area (Å²) >= 11 is 0. The zero-order valence-electron chi connectivity index (χ0n) is 30.8. The molecule has 1 heterocycles. The van der Waals surface area contributed by atoms with E-state index in [0.29, 0.717) is 11.5 Å². The molecule has 6 aromatic rings. The molecule has 57 heavy (non-hydrogen) atoms. The van der Waals surface area contributed by atoms with Gasteiger partial charge in [-0.3, -0.25) is 4.28 Å². The molecule has 0 saturated heterocycles. The van der Waals surface area contributed by atoms with E-state index < -0.39 is 43.9 Å². The summed E-state index contributed by atoms with van der Waals surface area (Å²) in [5.41, 5.74) is 2.20. The van der Waals surface area contributed by atoms with Crippen molar-refractivity contribution in [1.82, 2.24) is 0 Å². The number of ether oxygens (including phenoxy) is 1. The van der Waals surface area contributed by atoms with Gasteiger partial charge in [0, 0.05) is 0 Å².